The molecule has 2 rings (SSSR count). The van der Waals surface area contributed by atoms with Crippen LogP contribution in [0.2, 0.25) is 0 Å². The average molecular weight is 276 g/mol. The van der Waals surface area contributed by atoms with Gasteiger partial charge in [-0.25, -0.2) is 0 Å². The lowest BCUT2D eigenvalue weighted by atomic mass is 10.1. The second-order valence-corrected chi connectivity index (χ2v) is 5.66. The van der Waals surface area contributed by atoms with Gasteiger partial charge < -0.3 is 15.0 Å². The number of nitrogens with one attached hydrogen (secondary N) is 1. The van der Waals surface area contributed by atoms with E-state index in [2.05, 4.69) is 17.3 Å². The number of carbonyl (C=O) groups is 1. The van der Waals surface area contributed by atoms with Crippen LogP contribution in [0.3, 0.4) is 0 Å². The molecule has 1 aromatic rings. The van der Waals surface area contributed by atoms with Crippen LogP contribution in [0.15, 0.2) is 24.3 Å². The third kappa shape index (κ3) is 4.23. The van der Waals surface area contributed by atoms with Gasteiger partial charge in [0, 0.05) is 6.04 Å². The Hall–Kier alpha value is -1.55. The first-order chi connectivity index (χ1) is 9.54. The summed E-state index contributed by atoms with van der Waals surface area (Å²) in [6.45, 7) is 5.90. The molecule has 0 saturated carbocycles. The molecular formula is C16H24N2O2. The summed E-state index contributed by atoms with van der Waals surface area (Å²) in [5, 5.41) is 3.08. The van der Waals surface area contributed by atoms with E-state index in [1.54, 1.807) is 6.92 Å². The number of likely N-dealkylation sites (tertiary alicyclic amines) is 1. The monoisotopic (exact) mass is 276 g/mol. The lowest BCUT2D eigenvalue weighted by Crippen LogP contribution is -2.47. The molecule has 1 N–H and O–H groups in total. The number of hydrogen-bond acceptors (Lipinski definition) is 3. The number of ether oxygens (including phenoxy) is 1. The zero-order valence-electron chi connectivity index (χ0n) is 12.6. The highest BCUT2D eigenvalue weighted by molar-refractivity contribution is 5.81. The van der Waals surface area contributed by atoms with Gasteiger partial charge in [-0.1, -0.05) is 17.7 Å². The Labute approximate surface area is 121 Å². The number of piperidine rings is 1. The Morgan fingerprint density at radius 3 is 2.50 bits per heavy atom. The first kappa shape index (κ1) is 14.9. The second kappa shape index (κ2) is 6.75. The summed E-state index contributed by atoms with van der Waals surface area (Å²) in [6.07, 6.45) is 1.57. The first-order valence-electron chi connectivity index (χ1n) is 7.27. The van der Waals surface area contributed by atoms with E-state index in [0.717, 1.165) is 31.7 Å². The van der Waals surface area contributed by atoms with E-state index in [1.165, 1.54) is 5.56 Å². The fourth-order valence-corrected chi connectivity index (χ4v) is 2.35. The average Bonchev–Trinajstić information content (AvgIpc) is 2.44. The molecule has 4 nitrogen and oxygen atoms in total. The summed E-state index contributed by atoms with van der Waals surface area (Å²) in [6, 6.07) is 8.04. The molecule has 1 aromatic carbocycles. The van der Waals surface area contributed by atoms with Gasteiger partial charge in [0.2, 0.25) is 0 Å². The number of rotatable bonds is 4. The summed E-state index contributed by atoms with van der Waals surface area (Å²) >= 11 is 0. The van der Waals surface area contributed by atoms with Crippen molar-refractivity contribution >= 4 is 5.91 Å². The largest absolute Gasteiger partial charge is 0.481 e. The van der Waals surface area contributed by atoms with E-state index in [1.807, 2.05) is 31.2 Å². The first-order valence-corrected chi connectivity index (χ1v) is 7.27. The summed E-state index contributed by atoms with van der Waals surface area (Å²) in [7, 11) is 2.11. The van der Waals surface area contributed by atoms with Crippen LogP contribution in [-0.2, 0) is 4.79 Å². The van der Waals surface area contributed by atoms with Crippen molar-refractivity contribution in [1.29, 1.82) is 0 Å². The highest BCUT2D eigenvalue weighted by Crippen LogP contribution is 2.14. The predicted molar refractivity (Wildman–Crippen MR) is 79.9 cm³/mol. The maximum absolute atomic E-state index is 12.1. The van der Waals surface area contributed by atoms with Gasteiger partial charge in [0.15, 0.2) is 6.10 Å². The van der Waals surface area contributed by atoms with Gasteiger partial charge in [-0.2, -0.15) is 0 Å². The molecule has 1 fully saturated rings. The standard InChI is InChI=1S/C16H24N2O2/c1-12-4-6-15(7-5-12)20-13(2)16(19)17-14-8-10-18(3)11-9-14/h4-7,13-14H,8-11H2,1-3H3,(H,17,19). The minimum Gasteiger partial charge on any atom is -0.481 e. The molecule has 0 radical (unpaired) electrons. The van der Waals surface area contributed by atoms with Gasteiger partial charge >= 0.3 is 0 Å². The normalized spacial score (nSPS) is 18.6. The van der Waals surface area contributed by atoms with Gasteiger partial charge in [0.25, 0.3) is 5.91 Å². The molecule has 4 heteroatoms. The third-order valence-corrected chi connectivity index (χ3v) is 3.77. The number of amides is 1. The summed E-state index contributed by atoms with van der Waals surface area (Å²) < 4.78 is 5.67. The summed E-state index contributed by atoms with van der Waals surface area (Å²) in [4.78, 5) is 14.4. The van der Waals surface area contributed by atoms with Crippen molar-refractivity contribution in [3.05, 3.63) is 29.8 Å². The zero-order valence-corrected chi connectivity index (χ0v) is 12.6. The molecule has 1 atom stereocenters. The zero-order chi connectivity index (χ0) is 14.5. The Balaban J connectivity index is 1.81. The fourth-order valence-electron chi connectivity index (χ4n) is 2.35. The third-order valence-electron chi connectivity index (χ3n) is 3.77. The van der Waals surface area contributed by atoms with Crippen LogP contribution in [0.25, 0.3) is 0 Å². The molecule has 1 aliphatic rings. The van der Waals surface area contributed by atoms with Crippen molar-refractivity contribution < 1.29 is 9.53 Å². The van der Waals surface area contributed by atoms with E-state index in [-0.39, 0.29) is 11.9 Å². The predicted octanol–water partition coefficient (Wildman–Crippen LogP) is 1.97. The van der Waals surface area contributed by atoms with E-state index in [0.29, 0.717) is 0 Å². The molecule has 0 aliphatic carbocycles. The second-order valence-electron chi connectivity index (χ2n) is 5.66. The van der Waals surface area contributed by atoms with Crippen LogP contribution in [0, 0.1) is 6.92 Å². The Kier molecular flexibility index (Phi) is 5.01. The smallest absolute Gasteiger partial charge is 0.260 e. The highest BCUT2D eigenvalue weighted by Gasteiger charge is 2.22. The molecule has 1 amide bonds. The van der Waals surface area contributed by atoms with Crippen molar-refractivity contribution in [2.24, 2.45) is 0 Å². The molecular weight excluding hydrogens is 252 g/mol. The van der Waals surface area contributed by atoms with E-state index in [4.69, 9.17) is 4.74 Å². The number of nitrogens with zero attached hydrogens (tertiary/aromatic N) is 1. The van der Waals surface area contributed by atoms with E-state index < -0.39 is 6.10 Å². The molecule has 1 aliphatic heterocycles. The van der Waals surface area contributed by atoms with E-state index >= 15 is 0 Å². The highest BCUT2D eigenvalue weighted by atomic mass is 16.5. The Morgan fingerprint density at radius 1 is 1.30 bits per heavy atom. The fraction of sp³-hybridized carbons (Fsp3) is 0.562. The van der Waals surface area contributed by atoms with Crippen molar-refractivity contribution in [3.63, 3.8) is 0 Å². The molecule has 1 saturated heterocycles. The van der Waals surface area contributed by atoms with Crippen LogP contribution in [-0.4, -0.2) is 43.1 Å². The summed E-state index contributed by atoms with van der Waals surface area (Å²) in [5.74, 6) is 0.710. The SMILES string of the molecule is Cc1ccc(OC(C)C(=O)NC2CCN(C)CC2)cc1. The Bertz CT molecular complexity index is 436. The number of carbonyl (C=O) groups excluding carboxylic acids is 1. The van der Waals surface area contributed by atoms with Gasteiger partial charge in [-0.3, -0.25) is 4.79 Å². The van der Waals surface area contributed by atoms with Gasteiger partial charge in [-0.15, -0.1) is 0 Å². The number of benzene rings is 1. The maximum atomic E-state index is 12.1. The van der Waals surface area contributed by atoms with Crippen LogP contribution < -0.4 is 10.1 Å². The lowest BCUT2D eigenvalue weighted by Gasteiger charge is -2.30. The topological polar surface area (TPSA) is 41.6 Å². The van der Waals surface area contributed by atoms with Crippen molar-refractivity contribution in [3.8, 4) is 5.75 Å². The van der Waals surface area contributed by atoms with Gasteiger partial charge in [-0.05, 0) is 59.0 Å². The lowest BCUT2D eigenvalue weighted by molar-refractivity contribution is -0.128. The molecule has 0 aromatic heterocycles. The van der Waals surface area contributed by atoms with Crippen LogP contribution in [0.1, 0.15) is 25.3 Å². The minimum atomic E-state index is -0.461. The van der Waals surface area contributed by atoms with Crippen LogP contribution >= 0.6 is 0 Å². The molecule has 1 heterocycles. The van der Waals surface area contributed by atoms with E-state index in [9.17, 15) is 4.79 Å². The minimum absolute atomic E-state index is 0.0277. The molecule has 0 bridgehead atoms. The molecule has 1 unspecified atom stereocenters. The van der Waals surface area contributed by atoms with Crippen LogP contribution in [0.5, 0.6) is 5.75 Å². The summed E-state index contributed by atoms with van der Waals surface area (Å²) in [5.41, 5.74) is 1.18. The maximum Gasteiger partial charge on any atom is 0.260 e. The number of aryl methyl sites for hydroxylation is 1. The quantitative estimate of drug-likeness (QED) is 0.914. The van der Waals surface area contributed by atoms with Gasteiger partial charge in [0.1, 0.15) is 5.75 Å². The number of hydrogen-bond donors (Lipinski definition) is 1. The molecule has 20 heavy (non-hydrogen) atoms. The van der Waals surface area contributed by atoms with Crippen molar-refractivity contribution in [2.75, 3.05) is 20.1 Å². The molecule has 0 spiro atoms. The van der Waals surface area contributed by atoms with Gasteiger partial charge in [0.05, 0.1) is 0 Å². The van der Waals surface area contributed by atoms with Crippen LogP contribution in [0.4, 0.5) is 0 Å². The molecule has 110 valence electrons. The van der Waals surface area contributed by atoms with Crippen molar-refractivity contribution in [1.82, 2.24) is 10.2 Å². The van der Waals surface area contributed by atoms with Crippen molar-refractivity contribution in [2.45, 2.75) is 38.8 Å². The Morgan fingerprint density at radius 2 is 1.90 bits per heavy atom.